The van der Waals surface area contributed by atoms with E-state index in [1.165, 1.54) is 11.3 Å². The molecule has 0 N–H and O–H groups in total. The number of hydrogen-bond donors (Lipinski definition) is 0. The molecule has 0 unspecified atom stereocenters. The van der Waals surface area contributed by atoms with E-state index < -0.39 is 0 Å². The van der Waals surface area contributed by atoms with Gasteiger partial charge < -0.3 is 4.74 Å². The number of amides is 1. The van der Waals surface area contributed by atoms with Gasteiger partial charge in [0.25, 0.3) is 5.91 Å². The smallest absolute Gasteiger partial charge is 0.261 e. The van der Waals surface area contributed by atoms with Crippen molar-refractivity contribution in [1.82, 2.24) is 10.2 Å². The summed E-state index contributed by atoms with van der Waals surface area (Å²) in [7, 11) is 0. The third-order valence-corrected chi connectivity index (χ3v) is 5.63. The minimum Gasteiger partial charge on any atom is -0.493 e. The first-order valence-electron chi connectivity index (χ1n) is 9.10. The van der Waals surface area contributed by atoms with Crippen molar-refractivity contribution < 1.29 is 9.53 Å². The number of carbonyl (C=O) groups is 1. The number of carbonyl (C=O) groups excluding carboxylic acids is 1. The van der Waals surface area contributed by atoms with Gasteiger partial charge in [0, 0.05) is 12.1 Å². The maximum atomic E-state index is 12.9. The second kappa shape index (κ2) is 8.71. The molecule has 1 heterocycles. The molecule has 0 fully saturated rings. The fourth-order valence-corrected chi connectivity index (χ4v) is 4.14. The summed E-state index contributed by atoms with van der Waals surface area (Å²) in [6.07, 6.45) is 0. The Morgan fingerprint density at radius 1 is 1.14 bits per heavy atom. The lowest BCUT2D eigenvalue weighted by molar-refractivity contribution is 0.0988. The van der Waals surface area contributed by atoms with E-state index in [0.717, 1.165) is 27.4 Å². The van der Waals surface area contributed by atoms with Gasteiger partial charge >= 0.3 is 0 Å². The highest BCUT2D eigenvalue weighted by atomic mass is 35.5. The zero-order valence-electron chi connectivity index (χ0n) is 16.3. The van der Waals surface area contributed by atoms with Gasteiger partial charge in [-0.2, -0.15) is 0 Å². The highest BCUT2D eigenvalue weighted by molar-refractivity contribution is 7.18. The summed E-state index contributed by atoms with van der Waals surface area (Å²) in [4.78, 5) is 14.5. The quantitative estimate of drug-likeness (QED) is 0.530. The molecule has 0 aliphatic rings. The van der Waals surface area contributed by atoms with Gasteiger partial charge in [0.05, 0.1) is 17.2 Å². The Balaban J connectivity index is 1.93. The van der Waals surface area contributed by atoms with E-state index >= 15 is 0 Å². The lowest BCUT2D eigenvalue weighted by atomic mass is 10.1. The second-order valence-electron chi connectivity index (χ2n) is 6.29. The largest absolute Gasteiger partial charge is 0.493 e. The van der Waals surface area contributed by atoms with E-state index in [-0.39, 0.29) is 5.91 Å². The van der Waals surface area contributed by atoms with E-state index in [1.54, 1.807) is 29.2 Å². The minimum atomic E-state index is -0.185. The number of halogens is 1. The molecule has 0 saturated heterocycles. The summed E-state index contributed by atoms with van der Waals surface area (Å²) in [5, 5.41) is 10.3. The minimum absolute atomic E-state index is 0.185. The van der Waals surface area contributed by atoms with Crippen LogP contribution in [0.4, 0.5) is 5.13 Å². The monoisotopic (exact) mass is 415 g/mol. The van der Waals surface area contributed by atoms with Crippen LogP contribution in [-0.2, 0) is 0 Å². The van der Waals surface area contributed by atoms with Gasteiger partial charge in [0.1, 0.15) is 10.8 Å². The number of hydrogen-bond acceptors (Lipinski definition) is 5. The highest BCUT2D eigenvalue weighted by Crippen LogP contribution is 2.34. The Morgan fingerprint density at radius 3 is 2.43 bits per heavy atom. The molecule has 0 saturated carbocycles. The molecule has 28 heavy (non-hydrogen) atoms. The molecule has 146 valence electrons. The van der Waals surface area contributed by atoms with Gasteiger partial charge in [-0.05, 0) is 63.1 Å². The van der Waals surface area contributed by atoms with Crippen LogP contribution in [-0.4, -0.2) is 29.3 Å². The molecule has 1 aromatic heterocycles. The Bertz CT molecular complexity index is 980. The second-order valence-corrected chi connectivity index (χ2v) is 7.65. The van der Waals surface area contributed by atoms with Gasteiger partial charge in [0.2, 0.25) is 5.13 Å². The van der Waals surface area contributed by atoms with Crippen molar-refractivity contribution in [2.75, 3.05) is 18.1 Å². The molecule has 5 nitrogen and oxygen atoms in total. The fraction of sp³-hybridized carbons (Fsp3) is 0.286. The van der Waals surface area contributed by atoms with Crippen LogP contribution in [0.3, 0.4) is 0 Å². The van der Waals surface area contributed by atoms with E-state index in [9.17, 15) is 4.79 Å². The molecular formula is C21H22ClN3O2S. The van der Waals surface area contributed by atoms with E-state index in [4.69, 9.17) is 16.3 Å². The van der Waals surface area contributed by atoms with Gasteiger partial charge in [-0.15, -0.1) is 10.2 Å². The van der Waals surface area contributed by atoms with E-state index in [1.807, 2.05) is 39.8 Å². The van der Waals surface area contributed by atoms with E-state index in [2.05, 4.69) is 10.2 Å². The summed E-state index contributed by atoms with van der Waals surface area (Å²) < 4.78 is 5.71. The van der Waals surface area contributed by atoms with Crippen molar-refractivity contribution in [2.24, 2.45) is 0 Å². The van der Waals surface area contributed by atoms with Crippen molar-refractivity contribution in [3.63, 3.8) is 0 Å². The molecule has 7 heteroatoms. The zero-order chi connectivity index (χ0) is 20.3. The number of rotatable bonds is 6. The van der Waals surface area contributed by atoms with Crippen molar-refractivity contribution in [3.8, 4) is 16.3 Å². The molecule has 0 spiro atoms. The number of aromatic nitrogens is 2. The number of ether oxygens (including phenoxy) is 1. The molecule has 0 bridgehead atoms. The Morgan fingerprint density at radius 2 is 1.82 bits per heavy atom. The maximum Gasteiger partial charge on any atom is 0.261 e. The summed E-state index contributed by atoms with van der Waals surface area (Å²) >= 11 is 7.58. The van der Waals surface area contributed by atoms with Crippen molar-refractivity contribution in [1.29, 1.82) is 0 Å². The Kier molecular flexibility index (Phi) is 6.31. The van der Waals surface area contributed by atoms with Crippen LogP contribution in [0.2, 0.25) is 5.02 Å². The van der Waals surface area contributed by atoms with Crippen LogP contribution in [0.15, 0.2) is 36.4 Å². The summed E-state index contributed by atoms with van der Waals surface area (Å²) in [6.45, 7) is 9.01. The maximum absolute atomic E-state index is 12.9. The zero-order valence-corrected chi connectivity index (χ0v) is 17.9. The van der Waals surface area contributed by atoms with Crippen molar-refractivity contribution in [2.45, 2.75) is 27.7 Å². The first-order chi connectivity index (χ1) is 13.5. The number of nitrogens with zero attached hydrogens (tertiary/aromatic N) is 3. The summed E-state index contributed by atoms with van der Waals surface area (Å²) in [5.74, 6) is 0.718. The fourth-order valence-electron chi connectivity index (χ4n) is 3.03. The third-order valence-electron chi connectivity index (χ3n) is 4.31. The average molecular weight is 416 g/mol. The predicted octanol–water partition coefficient (Wildman–Crippen LogP) is 5.54. The normalized spacial score (nSPS) is 10.8. The summed E-state index contributed by atoms with van der Waals surface area (Å²) in [5.41, 5.74) is 3.51. The number of aryl methyl sites for hydroxylation is 2. The number of anilines is 1. The highest BCUT2D eigenvalue weighted by Gasteiger charge is 2.22. The molecule has 0 aliphatic heterocycles. The van der Waals surface area contributed by atoms with Crippen LogP contribution < -0.4 is 9.64 Å². The summed E-state index contributed by atoms with van der Waals surface area (Å²) in [6, 6.07) is 11.1. The lowest BCUT2D eigenvalue weighted by Crippen LogP contribution is -2.30. The molecule has 0 radical (unpaired) electrons. The predicted molar refractivity (Wildman–Crippen MR) is 115 cm³/mol. The molecule has 0 aliphatic carbocycles. The molecular weight excluding hydrogens is 394 g/mol. The van der Waals surface area contributed by atoms with Gasteiger partial charge in [0.15, 0.2) is 0 Å². The standard InChI is InChI=1S/C21H22ClN3O2S/c1-5-25(20(26)16-9-7-8-10-17(16)22)21-24-23-19(28-21)15-11-13(3)18(27-6-2)14(4)12-15/h7-12H,5-6H2,1-4H3. The molecule has 0 atom stereocenters. The van der Waals surface area contributed by atoms with Gasteiger partial charge in [-0.3, -0.25) is 9.69 Å². The molecule has 2 aromatic carbocycles. The SMILES string of the molecule is CCOc1c(C)cc(-c2nnc(N(CC)C(=O)c3ccccc3Cl)s2)cc1C. The van der Waals surface area contributed by atoms with Gasteiger partial charge in [-0.1, -0.05) is 35.1 Å². The topological polar surface area (TPSA) is 55.3 Å². The van der Waals surface area contributed by atoms with Crippen molar-refractivity contribution >= 4 is 34.0 Å². The Hall–Kier alpha value is -2.44. The van der Waals surface area contributed by atoms with Crippen LogP contribution in [0.25, 0.3) is 10.6 Å². The molecule has 3 rings (SSSR count). The Labute approximate surface area is 173 Å². The first-order valence-corrected chi connectivity index (χ1v) is 10.3. The number of benzene rings is 2. The molecule has 1 amide bonds. The van der Waals surface area contributed by atoms with Crippen LogP contribution in [0.1, 0.15) is 35.3 Å². The lowest BCUT2D eigenvalue weighted by Gasteiger charge is -2.17. The van der Waals surface area contributed by atoms with E-state index in [0.29, 0.717) is 28.9 Å². The van der Waals surface area contributed by atoms with Gasteiger partial charge in [-0.25, -0.2) is 0 Å². The van der Waals surface area contributed by atoms with Crippen LogP contribution in [0, 0.1) is 13.8 Å². The van der Waals surface area contributed by atoms with Crippen LogP contribution >= 0.6 is 22.9 Å². The molecule has 3 aromatic rings. The van der Waals surface area contributed by atoms with Crippen molar-refractivity contribution in [3.05, 3.63) is 58.1 Å². The average Bonchev–Trinajstić information content (AvgIpc) is 3.15. The van der Waals surface area contributed by atoms with Crippen LogP contribution in [0.5, 0.6) is 5.75 Å². The third kappa shape index (κ3) is 4.03. The first kappa shape index (κ1) is 20.3.